The van der Waals surface area contributed by atoms with E-state index in [4.69, 9.17) is 5.73 Å². The Hall–Kier alpha value is -1.17. The number of aromatic amines is 1. The molecule has 0 spiro atoms. The second kappa shape index (κ2) is 14.9. The van der Waals surface area contributed by atoms with Crippen LogP contribution >= 0.6 is 11.9 Å². The fraction of sp³-hybridized carbons (Fsp3) is 0.800. The molecule has 0 saturated carbocycles. The standard InChI is InChI=1S/C20H37N3O2S/c1-2-3-4-5-6-7-8-9-10-11-12-13-14-15-16-26-23-18(21)17-19(24)22-20(23)25/h17H,2-16,21H2,1H3,(H,22,24,25). The monoisotopic (exact) mass is 383 g/mol. The molecule has 0 saturated heterocycles. The predicted octanol–water partition coefficient (Wildman–Crippen LogP) is 5.10. The molecule has 1 heterocycles. The van der Waals surface area contributed by atoms with Crippen LogP contribution in [-0.2, 0) is 0 Å². The van der Waals surface area contributed by atoms with Gasteiger partial charge < -0.3 is 5.73 Å². The first-order valence-corrected chi connectivity index (χ1v) is 11.3. The van der Waals surface area contributed by atoms with Crippen LogP contribution in [0.2, 0.25) is 0 Å². The van der Waals surface area contributed by atoms with Crippen molar-refractivity contribution in [1.82, 2.24) is 8.96 Å². The van der Waals surface area contributed by atoms with Gasteiger partial charge in [0.2, 0.25) is 0 Å². The summed E-state index contributed by atoms with van der Waals surface area (Å²) in [6, 6.07) is 1.25. The van der Waals surface area contributed by atoms with Crippen molar-refractivity contribution in [3.8, 4) is 0 Å². The van der Waals surface area contributed by atoms with Gasteiger partial charge in [-0.3, -0.25) is 9.78 Å². The molecule has 0 aliphatic carbocycles. The summed E-state index contributed by atoms with van der Waals surface area (Å²) in [6.07, 6.45) is 18.7. The van der Waals surface area contributed by atoms with Crippen LogP contribution in [0.25, 0.3) is 0 Å². The first kappa shape index (κ1) is 22.9. The molecule has 0 bridgehead atoms. The van der Waals surface area contributed by atoms with Crippen molar-refractivity contribution in [2.45, 2.75) is 96.8 Å². The zero-order chi connectivity index (χ0) is 19.0. The minimum absolute atomic E-state index is 0.217. The highest BCUT2D eigenvalue weighted by Crippen LogP contribution is 2.14. The van der Waals surface area contributed by atoms with E-state index in [2.05, 4.69) is 11.9 Å². The molecule has 0 fully saturated rings. The molecular formula is C20H37N3O2S. The van der Waals surface area contributed by atoms with Crippen LogP contribution in [0.1, 0.15) is 96.8 Å². The first-order chi connectivity index (χ1) is 12.6. The molecule has 1 rings (SSSR count). The summed E-state index contributed by atoms with van der Waals surface area (Å²) in [5.41, 5.74) is 4.82. The largest absolute Gasteiger partial charge is 0.384 e. The molecular weight excluding hydrogens is 346 g/mol. The van der Waals surface area contributed by atoms with Gasteiger partial charge >= 0.3 is 5.69 Å². The maximum Gasteiger partial charge on any atom is 0.340 e. The molecule has 0 aliphatic rings. The zero-order valence-electron chi connectivity index (χ0n) is 16.4. The third-order valence-electron chi connectivity index (χ3n) is 4.65. The second-order valence-electron chi connectivity index (χ2n) is 7.09. The van der Waals surface area contributed by atoms with Crippen molar-refractivity contribution in [3.05, 3.63) is 26.9 Å². The van der Waals surface area contributed by atoms with Crippen molar-refractivity contribution >= 4 is 17.8 Å². The van der Waals surface area contributed by atoms with E-state index >= 15 is 0 Å². The predicted molar refractivity (Wildman–Crippen MR) is 114 cm³/mol. The second-order valence-corrected chi connectivity index (χ2v) is 8.12. The normalized spacial score (nSPS) is 11.1. The van der Waals surface area contributed by atoms with Crippen molar-refractivity contribution in [2.75, 3.05) is 11.5 Å². The van der Waals surface area contributed by atoms with Crippen molar-refractivity contribution < 1.29 is 0 Å². The van der Waals surface area contributed by atoms with Crippen molar-refractivity contribution in [3.63, 3.8) is 0 Å². The Balaban J connectivity index is 1.90. The summed E-state index contributed by atoms with van der Waals surface area (Å²) in [5, 5.41) is 0. The van der Waals surface area contributed by atoms with Gasteiger partial charge in [-0.2, -0.15) is 0 Å². The van der Waals surface area contributed by atoms with E-state index in [9.17, 15) is 9.59 Å². The minimum atomic E-state index is -0.444. The highest BCUT2D eigenvalue weighted by atomic mass is 32.2. The van der Waals surface area contributed by atoms with Crippen LogP contribution in [0, 0.1) is 0 Å². The molecule has 6 heteroatoms. The number of rotatable bonds is 16. The van der Waals surface area contributed by atoms with Gasteiger partial charge in [-0.15, -0.1) is 0 Å². The van der Waals surface area contributed by atoms with Gasteiger partial charge in [-0.1, -0.05) is 90.4 Å². The molecule has 0 atom stereocenters. The topological polar surface area (TPSA) is 80.9 Å². The van der Waals surface area contributed by atoms with E-state index in [1.807, 2.05) is 0 Å². The van der Waals surface area contributed by atoms with Gasteiger partial charge in [-0.25, -0.2) is 8.77 Å². The van der Waals surface area contributed by atoms with Crippen molar-refractivity contribution in [1.29, 1.82) is 0 Å². The molecule has 0 unspecified atom stereocenters. The summed E-state index contributed by atoms with van der Waals surface area (Å²) in [6.45, 7) is 2.27. The maximum absolute atomic E-state index is 11.6. The number of nitrogen functional groups attached to an aromatic ring is 1. The Kier molecular flexibility index (Phi) is 13.1. The molecule has 0 aliphatic heterocycles. The molecule has 1 aromatic rings. The Morgan fingerprint density at radius 3 is 1.77 bits per heavy atom. The highest BCUT2D eigenvalue weighted by Gasteiger charge is 2.03. The van der Waals surface area contributed by atoms with Gasteiger partial charge in [0.1, 0.15) is 5.82 Å². The van der Waals surface area contributed by atoms with Crippen LogP contribution in [0.15, 0.2) is 15.7 Å². The van der Waals surface area contributed by atoms with Crippen molar-refractivity contribution in [2.24, 2.45) is 0 Å². The SMILES string of the molecule is CCCCCCCCCCCCCCCCSn1c(N)cc(=O)[nH]c1=O. The molecule has 0 amide bonds. The maximum atomic E-state index is 11.6. The average Bonchev–Trinajstić information content (AvgIpc) is 2.60. The number of hydrogen-bond donors (Lipinski definition) is 2. The van der Waals surface area contributed by atoms with E-state index in [1.54, 1.807) is 0 Å². The van der Waals surface area contributed by atoms with E-state index in [-0.39, 0.29) is 5.82 Å². The van der Waals surface area contributed by atoms with Gasteiger partial charge in [0, 0.05) is 11.8 Å². The van der Waals surface area contributed by atoms with Crippen LogP contribution in [0.3, 0.4) is 0 Å². The Morgan fingerprint density at radius 1 is 0.846 bits per heavy atom. The molecule has 3 N–H and O–H groups in total. The number of H-pyrrole nitrogens is 1. The minimum Gasteiger partial charge on any atom is -0.384 e. The lowest BCUT2D eigenvalue weighted by Gasteiger charge is -2.07. The third-order valence-corrected chi connectivity index (χ3v) is 5.75. The average molecular weight is 384 g/mol. The van der Waals surface area contributed by atoms with Crippen LogP contribution in [-0.4, -0.2) is 14.7 Å². The number of hydrogen-bond acceptors (Lipinski definition) is 4. The summed E-state index contributed by atoms with van der Waals surface area (Å²) < 4.78 is 1.36. The van der Waals surface area contributed by atoms with Gasteiger partial charge in [0.15, 0.2) is 0 Å². The molecule has 1 aromatic heterocycles. The first-order valence-electron chi connectivity index (χ1n) is 10.4. The fourth-order valence-corrected chi connectivity index (χ4v) is 3.97. The van der Waals surface area contributed by atoms with E-state index < -0.39 is 11.2 Å². The number of nitrogens with zero attached hydrogens (tertiary/aromatic N) is 1. The quantitative estimate of drug-likeness (QED) is 0.389. The van der Waals surface area contributed by atoms with Gasteiger partial charge in [-0.05, 0) is 18.4 Å². The molecule has 150 valence electrons. The molecule has 0 aromatic carbocycles. The Bertz CT molecular complexity index is 583. The fourth-order valence-electron chi connectivity index (χ4n) is 3.09. The third kappa shape index (κ3) is 10.7. The summed E-state index contributed by atoms with van der Waals surface area (Å²) >= 11 is 1.38. The number of nitrogens with one attached hydrogen (secondary N) is 1. The van der Waals surface area contributed by atoms with Crippen LogP contribution in [0.5, 0.6) is 0 Å². The molecule has 0 radical (unpaired) electrons. The Labute approximate surface area is 162 Å². The van der Waals surface area contributed by atoms with Gasteiger partial charge in [0.05, 0.1) is 0 Å². The zero-order valence-corrected chi connectivity index (χ0v) is 17.2. The van der Waals surface area contributed by atoms with E-state index in [0.717, 1.165) is 12.2 Å². The Morgan fingerprint density at radius 2 is 1.31 bits per heavy atom. The van der Waals surface area contributed by atoms with E-state index in [1.165, 1.54) is 105 Å². The smallest absolute Gasteiger partial charge is 0.340 e. The lowest BCUT2D eigenvalue weighted by atomic mass is 10.0. The number of nitrogens with two attached hydrogens (primary N) is 1. The number of anilines is 1. The lowest BCUT2D eigenvalue weighted by Crippen LogP contribution is -2.28. The summed E-state index contributed by atoms with van der Waals surface area (Å²) in [5.74, 6) is 1.06. The highest BCUT2D eigenvalue weighted by molar-refractivity contribution is 7.97. The van der Waals surface area contributed by atoms with Crippen LogP contribution < -0.4 is 17.0 Å². The number of unbranched alkanes of at least 4 members (excludes halogenated alkanes) is 13. The van der Waals surface area contributed by atoms with E-state index in [0.29, 0.717) is 0 Å². The molecule has 5 nitrogen and oxygen atoms in total. The van der Waals surface area contributed by atoms with Crippen LogP contribution in [0.4, 0.5) is 5.82 Å². The van der Waals surface area contributed by atoms with Gasteiger partial charge in [0.25, 0.3) is 5.56 Å². The number of aromatic nitrogens is 2. The lowest BCUT2D eigenvalue weighted by molar-refractivity contribution is 0.538. The summed E-state index contributed by atoms with van der Waals surface area (Å²) in [7, 11) is 0. The molecule has 26 heavy (non-hydrogen) atoms. The summed E-state index contributed by atoms with van der Waals surface area (Å²) in [4.78, 5) is 25.0.